The first kappa shape index (κ1) is 15.6. The molecule has 23 heavy (non-hydrogen) atoms. The predicted molar refractivity (Wildman–Crippen MR) is 80.6 cm³/mol. The quantitative estimate of drug-likeness (QED) is 0.903. The van der Waals surface area contributed by atoms with Gasteiger partial charge in [0.15, 0.2) is 11.6 Å². The van der Waals surface area contributed by atoms with E-state index in [0.29, 0.717) is 5.56 Å². The second kappa shape index (κ2) is 6.45. The molecule has 122 valence electrons. The van der Waals surface area contributed by atoms with Crippen molar-refractivity contribution in [2.75, 3.05) is 13.6 Å². The molecule has 0 saturated carbocycles. The maximum absolute atomic E-state index is 13.5. The maximum atomic E-state index is 13.5. The van der Waals surface area contributed by atoms with Crippen LogP contribution < -0.4 is 5.32 Å². The number of likely N-dealkylation sites (N-methyl/N-ethyl adjacent to an activating group) is 1. The fourth-order valence-corrected chi connectivity index (χ4v) is 3.10. The zero-order valence-electron chi connectivity index (χ0n) is 12.7. The van der Waals surface area contributed by atoms with Gasteiger partial charge in [0.2, 0.25) is 5.91 Å². The fraction of sp³-hybridized carbons (Fsp3) is 0.375. The standard InChI is InChI=1S/C16H18F2N4O/c1-22-7-5-14(20-15(23)9-11-4-6-19-21-11)16(22)10-2-3-12(17)13(18)8-10/h2-4,6,8,14,16H,5,7,9H2,1H3,(H,19,21)(H,20,23). The molecule has 2 heterocycles. The Kier molecular flexibility index (Phi) is 4.38. The molecule has 5 nitrogen and oxygen atoms in total. The molecule has 1 aromatic carbocycles. The highest BCUT2D eigenvalue weighted by Crippen LogP contribution is 2.31. The first-order valence-electron chi connectivity index (χ1n) is 7.47. The van der Waals surface area contributed by atoms with Crippen molar-refractivity contribution in [3.63, 3.8) is 0 Å². The number of amides is 1. The highest BCUT2D eigenvalue weighted by Gasteiger charge is 2.34. The minimum absolute atomic E-state index is 0.123. The molecule has 1 amide bonds. The van der Waals surface area contributed by atoms with Gasteiger partial charge < -0.3 is 5.32 Å². The highest BCUT2D eigenvalue weighted by molar-refractivity contribution is 5.78. The summed E-state index contributed by atoms with van der Waals surface area (Å²) in [5.41, 5.74) is 1.40. The molecule has 1 aliphatic rings. The number of hydrogen-bond donors (Lipinski definition) is 2. The molecular weight excluding hydrogens is 302 g/mol. The summed E-state index contributed by atoms with van der Waals surface area (Å²) in [6, 6.07) is 5.33. The summed E-state index contributed by atoms with van der Waals surface area (Å²) >= 11 is 0. The van der Waals surface area contributed by atoms with Gasteiger partial charge in [-0.2, -0.15) is 5.10 Å². The molecular formula is C16H18F2N4O. The Morgan fingerprint density at radius 2 is 2.22 bits per heavy atom. The molecule has 0 radical (unpaired) electrons. The number of rotatable bonds is 4. The number of nitrogens with one attached hydrogen (secondary N) is 2. The molecule has 0 aliphatic carbocycles. The number of likely N-dealkylation sites (tertiary alicyclic amines) is 1. The summed E-state index contributed by atoms with van der Waals surface area (Å²) < 4.78 is 26.6. The van der Waals surface area contributed by atoms with Crippen molar-refractivity contribution in [1.29, 1.82) is 0 Å². The first-order valence-corrected chi connectivity index (χ1v) is 7.47. The van der Waals surface area contributed by atoms with Crippen molar-refractivity contribution in [2.24, 2.45) is 0 Å². The van der Waals surface area contributed by atoms with E-state index in [1.807, 2.05) is 11.9 Å². The van der Waals surface area contributed by atoms with Crippen LogP contribution in [0.25, 0.3) is 0 Å². The second-order valence-electron chi connectivity index (χ2n) is 5.82. The van der Waals surface area contributed by atoms with Crippen molar-refractivity contribution in [3.05, 3.63) is 53.4 Å². The zero-order chi connectivity index (χ0) is 16.4. The minimum atomic E-state index is -0.870. The Balaban J connectivity index is 1.73. The molecule has 1 fully saturated rings. The van der Waals surface area contributed by atoms with Gasteiger partial charge >= 0.3 is 0 Å². The van der Waals surface area contributed by atoms with Crippen molar-refractivity contribution in [1.82, 2.24) is 20.4 Å². The average Bonchev–Trinajstić information content (AvgIpc) is 3.12. The number of hydrogen-bond acceptors (Lipinski definition) is 3. The van der Waals surface area contributed by atoms with Gasteiger partial charge in [0, 0.05) is 24.5 Å². The van der Waals surface area contributed by atoms with Gasteiger partial charge in [0.05, 0.1) is 12.5 Å². The number of benzene rings is 1. The smallest absolute Gasteiger partial charge is 0.226 e. The SMILES string of the molecule is CN1CCC(NC(=O)Cc2ccn[nH]2)C1c1ccc(F)c(F)c1. The number of H-pyrrole nitrogens is 1. The van der Waals surface area contributed by atoms with Gasteiger partial charge in [-0.05, 0) is 37.2 Å². The lowest BCUT2D eigenvalue weighted by Gasteiger charge is -2.26. The van der Waals surface area contributed by atoms with Crippen molar-refractivity contribution >= 4 is 5.91 Å². The number of carbonyl (C=O) groups is 1. The van der Waals surface area contributed by atoms with Crippen LogP contribution in [0.15, 0.2) is 30.5 Å². The van der Waals surface area contributed by atoms with Gasteiger partial charge in [0.1, 0.15) is 0 Å². The van der Waals surface area contributed by atoms with E-state index in [1.54, 1.807) is 18.3 Å². The Morgan fingerprint density at radius 3 is 2.91 bits per heavy atom. The molecule has 2 unspecified atom stereocenters. The zero-order valence-corrected chi connectivity index (χ0v) is 12.7. The van der Waals surface area contributed by atoms with E-state index < -0.39 is 11.6 Å². The van der Waals surface area contributed by atoms with Gasteiger partial charge in [-0.25, -0.2) is 8.78 Å². The van der Waals surface area contributed by atoms with Crippen LogP contribution in [0.3, 0.4) is 0 Å². The largest absolute Gasteiger partial charge is 0.351 e. The van der Waals surface area contributed by atoms with E-state index in [0.717, 1.165) is 24.7 Å². The number of halogens is 2. The lowest BCUT2D eigenvalue weighted by atomic mass is 9.99. The van der Waals surface area contributed by atoms with Gasteiger partial charge in [-0.15, -0.1) is 0 Å². The molecule has 2 aromatic rings. The topological polar surface area (TPSA) is 61.0 Å². The Labute approximate surface area is 132 Å². The summed E-state index contributed by atoms with van der Waals surface area (Å²) in [7, 11) is 1.91. The molecule has 1 aliphatic heterocycles. The Bertz CT molecular complexity index is 689. The normalized spacial score (nSPS) is 21.5. The molecule has 0 bridgehead atoms. The molecule has 0 spiro atoms. The van der Waals surface area contributed by atoms with Crippen LogP contribution in [0.5, 0.6) is 0 Å². The predicted octanol–water partition coefficient (Wildman–Crippen LogP) is 1.79. The Hall–Kier alpha value is -2.28. The van der Waals surface area contributed by atoms with E-state index in [1.165, 1.54) is 6.07 Å². The summed E-state index contributed by atoms with van der Waals surface area (Å²) in [6.45, 7) is 0.776. The van der Waals surface area contributed by atoms with Gasteiger partial charge in [-0.1, -0.05) is 6.07 Å². The fourth-order valence-electron chi connectivity index (χ4n) is 3.10. The Morgan fingerprint density at radius 1 is 1.39 bits per heavy atom. The number of aromatic nitrogens is 2. The maximum Gasteiger partial charge on any atom is 0.226 e. The molecule has 2 N–H and O–H groups in total. The van der Waals surface area contributed by atoms with E-state index in [4.69, 9.17) is 0 Å². The summed E-state index contributed by atoms with van der Waals surface area (Å²) in [5.74, 6) is -1.86. The number of aromatic amines is 1. The summed E-state index contributed by atoms with van der Waals surface area (Å²) in [6.07, 6.45) is 2.57. The van der Waals surface area contributed by atoms with Crippen LogP contribution in [0, 0.1) is 11.6 Å². The molecule has 1 saturated heterocycles. The third-order valence-electron chi connectivity index (χ3n) is 4.19. The van der Waals surface area contributed by atoms with Crippen LogP contribution in [0.4, 0.5) is 8.78 Å². The van der Waals surface area contributed by atoms with E-state index in [2.05, 4.69) is 15.5 Å². The molecule has 2 atom stereocenters. The van der Waals surface area contributed by atoms with Crippen LogP contribution in [0.2, 0.25) is 0 Å². The van der Waals surface area contributed by atoms with Gasteiger partial charge in [-0.3, -0.25) is 14.8 Å². The second-order valence-corrected chi connectivity index (χ2v) is 5.82. The molecule has 1 aromatic heterocycles. The van der Waals surface area contributed by atoms with Crippen molar-refractivity contribution in [3.8, 4) is 0 Å². The molecule has 7 heteroatoms. The summed E-state index contributed by atoms with van der Waals surface area (Å²) in [5, 5.41) is 9.54. The van der Waals surface area contributed by atoms with Crippen LogP contribution in [-0.2, 0) is 11.2 Å². The van der Waals surface area contributed by atoms with E-state index >= 15 is 0 Å². The van der Waals surface area contributed by atoms with Crippen LogP contribution in [0.1, 0.15) is 23.7 Å². The van der Waals surface area contributed by atoms with Gasteiger partial charge in [0.25, 0.3) is 0 Å². The van der Waals surface area contributed by atoms with Crippen LogP contribution in [-0.4, -0.2) is 40.6 Å². The van der Waals surface area contributed by atoms with E-state index in [9.17, 15) is 13.6 Å². The third-order valence-corrected chi connectivity index (χ3v) is 4.19. The van der Waals surface area contributed by atoms with Crippen molar-refractivity contribution in [2.45, 2.75) is 24.9 Å². The third kappa shape index (κ3) is 3.39. The van der Waals surface area contributed by atoms with Crippen LogP contribution >= 0.6 is 0 Å². The monoisotopic (exact) mass is 320 g/mol. The van der Waals surface area contributed by atoms with E-state index in [-0.39, 0.29) is 24.4 Å². The number of carbonyl (C=O) groups excluding carboxylic acids is 1. The minimum Gasteiger partial charge on any atom is -0.351 e. The summed E-state index contributed by atoms with van der Waals surface area (Å²) in [4.78, 5) is 14.2. The lowest BCUT2D eigenvalue weighted by molar-refractivity contribution is -0.121. The number of nitrogens with zero attached hydrogens (tertiary/aromatic N) is 2. The first-order chi connectivity index (χ1) is 11.0. The lowest BCUT2D eigenvalue weighted by Crippen LogP contribution is -2.39. The molecule has 3 rings (SSSR count). The van der Waals surface area contributed by atoms with Crippen molar-refractivity contribution < 1.29 is 13.6 Å². The highest BCUT2D eigenvalue weighted by atomic mass is 19.2. The average molecular weight is 320 g/mol.